The van der Waals surface area contributed by atoms with Crippen LogP contribution >= 0.6 is 0 Å². The molecule has 0 radical (unpaired) electrons. The summed E-state index contributed by atoms with van der Waals surface area (Å²) in [4.78, 5) is 27.9. The highest BCUT2D eigenvalue weighted by Gasteiger charge is 2.26. The van der Waals surface area contributed by atoms with E-state index in [-0.39, 0.29) is 17.6 Å². The smallest absolute Gasteiger partial charge is 0.225 e. The minimum atomic E-state index is -0.332. The monoisotopic (exact) mass is 312 g/mol. The van der Waals surface area contributed by atoms with Crippen LogP contribution in [0, 0.1) is 5.82 Å². The summed E-state index contributed by atoms with van der Waals surface area (Å²) in [5.41, 5.74) is 3.49. The number of anilines is 1. The number of hydrogen-bond acceptors (Lipinski definition) is 3. The Balaban J connectivity index is 2.32. The number of nitrogens with one attached hydrogen (secondary N) is 1. The van der Waals surface area contributed by atoms with Crippen LogP contribution in [0.1, 0.15) is 47.8 Å². The standard InChI is InChI=1S/C18H17FN2O2/c1-10(2)17-14(9-22)16(11-3-5-12(19)6-4-11)13-7-8-15(23)20-18(13)21-17/h3-6,9-10H,7-8H2,1-2H3,(H,20,21,23). The number of carbonyl (C=O) groups is 2. The molecule has 0 fully saturated rings. The lowest BCUT2D eigenvalue weighted by Gasteiger charge is -2.24. The molecule has 23 heavy (non-hydrogen) atoms. The Labute approximate surface area is 133 Å². The Kier molecular flexibility index (Phi) is 3.94. The van der Waals surface area contributed by atoms with E-state index in [0.29, 0.717) is 29.9 Å². The number of benzene rings is 1. The molecule has 1 N–H and O–H groups in total. The first kappa shape index (κ1) is 15.3. The molecular formula is C18H17FN2O2. The molecule has 4 nitrogen and oxygen atoms in total. The van der Waals surface area contributed by atoms with Gasteiger partial charge in [0.2, 0.25) is 5.91 Å². The second-order valence-corrected chi connectivity index (χ2v) is 5.94. The lowest BCUT2D eigenvalue weighted by Crippen LogP contribution is -2.22. The first-order valence-corrected chi connectivity index (χ1v) is 7.59. The first-order valence-electron chi connectivity index (χ1n) is 7.59. The summed E-state index contributed by atoms with van der Waals surface area (Å²) < 4.78 is 13.2. The molecule has 2 aromatic rings. The van der Waals surface area contributed by atoms with Crippen LogP contribution in [0.5, 0.6) is 0 Å². The summed E-state index contributed by atoms with van der Waals surface area (Å²) in [6, 6.07) is 6.04. The summed E-state index contributed by atoms with van der Waals surface area (Å²) in [7, 11) is 0. The molecule has 1 aromatic heterocycles. The second kappa shape index (κ2) is 5.91. The number of fused-ring (bicyclic) bond motifs is 1. The van der Waals surface area contributed by atoms with Gasteiger partial charge in [-0.25, -0.2) is 9.37 Å². The number of nitrogens with zero attached hydrogens (tertiary/aromatic N) is 1. The van der Waals surface area contributed by atoms with E-state index in [0.717, 1.165) is 23.0 Å². The molecule has 3 rings (SSSR count). The number of amides is 1. The summed E-state index contributed by atoms with van der Waals surface area (Å²) >= 11 is 0. The Bertz CT molecular complexity index is 783. The number of pyridine rings is 1. The highest BCUT2D eigenvalue weighted by Crippen LogP contribution is 2.37. The van der Waals surface area contributed by atoms with Crippen molar-refractivity contribution in [1.29, 1.82) is 0 Å². The predicted octanol–water partition coefficient (Wildman–Crippen LogP) is 3.71. The van der Waals surface area contributed by atoms with E-state index in [2.05, 4.69) is 10.3 Å². The fraction of sp³-hybridized carbons (Fsp3) is 0.278. The zero-order valence-electron chi connectivity index (χ0n) is 13.0. The van der Waals surface area contributed by atoms with E-state index in [1.54, 1.807) is 12.1 Å². The molecule has 1 aliphatic heterocycles. The zero-order chi connectivity index (χ0) is 16.6. The third-order valence-corrected chi connectivity index (χ3v) is 4.02. The van der Waals surface area contributed by atoms with Gasteiger partial charge in [0, 0.05) is 23.1 Å². The van der Waals surface area contributed by atoms with Gasteiger partial charge in [-0.2, -0.15) is 0 Å². The molecule has 0 atom stereocenters. The molecule has 0 aliphatic carbocycles. The van der Waals surface area contributed by atoms with Gasteiger partial charge in [0.1, 0.15) is 11.6 Å². The molecule has 1 aromatic carbocycles. The van der Waals surface area contributed by atoms with Crippen molar-refractivity contribution in [3.63, 3.8) is 0 Å². The molecule has 0 bridgehead atoms. The molecule has 5 heteroatoms. The Morgan fingerprint density at radius 3 is 2.52 bits per heavy atom. The van der Waals surface area contributed by atoms with Gasteiger partial charge in [-0.3, -0.25) is 9.59 Å². The van der Waals surface area contributed by atoms with Crippen molar-refractivity contribution in [3.8, 4) is 11.1 Å². The average Bonchev–Trinajstić information content (AvgIpc) is 2.53. The molecule has 0 saturated heterocycles. The van der Waals surface area contributed by atoms with Crippen LogP contribution in [0.2, 0.25) is 0 Å². The fourth-order valence-corrected chi connectivity index (χ4v) is 2.94. The topological polar surface area (TPSA) is 59.1 Å². The normalized spacial score (nSPS) is 13.7. The maximum atomic E-state index is 13.2. The van der Waals surface area contributed by atoms with Crippen molar-refractivity contribution in [3.05, 3.63) is 46.9 Å². The lowest BCUT2D eigenvalue weighted by molar-refractivity contribution is -0.116. The molecule has 1 aliphatic rings. The summed E-state index contributed by atoms with van der Waals surface area (Å²) in [6.45, 7) is 3.89. The minimum Gasteiger partial charge on any atom is -0.310 e. The van der Waals surface area contributed by atoms with Gasteiger partial charge in [0.05, 0.1) is 5.69 Å². The van der Waals surface area contributed by atoms with Crippen molar-refractivity contribution in [2.75, 3.05) is 5.32 Å². The fourth-order valence-electron chi connectivity index (χ4n) is 2.94. The SMILES string of the molecule is CC(C)c1nc2c(c(-c3ccc(F)cc3)c1C=O)CCC(=O)N2. The number of carbonyl (C=O) groups excluding carboxylic acids is 2. The van der Waals surface area contributed by atoms with E-state index in [1.807, 2.05) is 13.8 Å². The van der Waals surface area contributed by atoms with E-state index in [9.17, 15) is 14.0 Å². The largest absolute Gasteiger partial charge is 0.310 e. The van der Waals surface area contributed by atoms with Crippen LogP contribution in [-0.2, 0) is 11.2 Å². The van der Waals surface area contributed by atoms with Crippen LogP contribution < -0.4 is 5.32 Å². The quantitative estimate of drug-likeness (QED) is 0.879. The highest BCUT2D eigenvalue weighted by atomic mass is 19.1. The first-order chi connectivity index (χ1) is 11.0. The molecule has 118 valence electrons. The average molecular weight is 312 g/mol. The van der Waals surface area contributed by atoms with Crippen molar-refractivity contribution in [2.45, 2.75) is 32.6 Å². The Morgan fingerprint density at radius 2 is 1.91 bits per heavy atom. The zero-order valence-corrected chi connectivity index (χ0v) is 13.0. The predicted molar refractivity (Wildman–Crippen MR) is 86.1 cm³/mol. The van der Waals surface area contributed by atoms with Crippen LogP contribution in [0.15, 0.2) is 24.3 Å². The van der Waals surface area contributed by atoms with E-state index < -0.39 is 0 Å². The summed E-state index contributed by atoms with van der Waals surface area (Å²) in [5, 5.41) is 2.79. The van der Waals surface area contributed by atoms with Gasteiger partial charge >= 0.3 is 0 Å². The van der Waals surface area contributed by atoms with Gasteiger partial charge in [-0.1, -0.05) is 26.0 Å². The van der Waals surface area contributed by atoms with E-state index >= 15 is 0 Å². The van der Waals surface area contributed by atoms with Crippen LogP contribution in [0.25, 0.3) is 11.1 Å². The van der Waals surface area contributed by atoms with Gasteiger partial charge in [-0.15, -0.1) is 0 Å². The molecule has 0 unspecified atom stereocenters. The molecule has 0 saturated carbocycles. The number of halogens is 1. The van der Waals surface area contributed by atoms with Crippen molar-refractivity contribution >= 4 is 18.0 Å². The van der Waals surface area contributed by atoms with Crippen LogP contribution in [0.3, 0.4) is 0 Å². The van der Waals surface area contributed by atoms with Crippen molar-refractivity contribution < 1.29 is 14.0 Å². The number of aromatic nitrogens is 1. The lowest BCUT2D eigenvalue weighted by atomic mass is 9.88. The summed E-state index contributed by atoms with van der Waals surface area (Å²) in [5.74, 6) is 0.124. The summed E-state index contributed by atoms with van der Waals surface area (Å²) in [6.07, 6.45) is 1.67. The third kappa shape index (κ3) is 2.74. The maximum Gasteiger partial charge on any atom is 0.225 e. The van der Waals surface area contributed by atoms with Crippen molar-refractivity contribution in [2.24, 2.45) is 0 Å². The highest BCUT2D eigenvalue weighted by molar-refractivity contribution is 5.98. The number of aldehydes is 1. The number of hydrogen-bond donors (Lipinski definition) is 1. The second-order valence-electron chi connectivity index (χ2n) is 5.94. The van der Waals surface area contributed by atoms with Crippen LogP contribution in [-0.4, -0.2) is 17.2 Å². The van der Waals surface area contributed by atoms with Gasteiger partial charge in [-0.05, 0) is 30.0 Å². The van der Waals surface area contributed by atoms with Gasteiger partial charge in [0.15, 0.2) is 6.29 Å². The Hall–Kier alpha value is -2.56. The van der Waals surface area contributed by atoms with Crippen molar-refractivity contribution in [1.82, 2.24) is 4.98 Å². The third-order valence-electron chi connectivity index (χ3n) is 4.02. The Morgan fingerprint density at radius 1 is 1.22 bits per heavy atom. The number of rotatable bonds is 3. The molecular weight excluding hydrogens is 295 g/mol. The molecule has 2 heterocycles. The van der Waals surface area contributed by atoms with Crippen LogP contribution in [0.4, 0.5) is 10.2 Å². The molecule has 1 amide bonds. The van der Waals surface area contributed by atoms with E-state index in [1.165, 1.54) is 12.1 Å². The van der Waals surface area contributed by atoms with Gasteiger partial charge in [0.25, 0.3) is 0 Å². The maximum absolute atomic E-state index is 13.2. The molecule has 0 spiro atoms. The minimum absolute atomic E-state index is 0.0264. The van der Waals surface area contributed by atoms with E-state index in [4.69, 9.17) is 0 Å². The van der Waals surface area contributed by atoms with Gasteiger partial charge < -0.3 is 5.32 Å².